The van der Waals surface area contributed by atoms with Gasteiger partial charge < -0.3 is 8.98 Å². The Labute approximate surface area is 481 Å². The van der Waals surface area contributed by atoms with Gasteiger partial charge in [0.1, 0.15) is 210 Å². The molecule has 4 aromatic heterocycles. The van der Waals surface area contributed by atoms with Crippen molar-refractivity contribution < 1.29 is 4.42 Å². The van der Waals surface area contributed by atoms with E-state index >= 15 is 0 Å². The number of thiophene rings is 1. The SMILES string of the molecule is [B]c1c([B])c([B])c(-c2nc(-c3c([B])c([B])c([B])c([B])c3[B])nc(-c3c([B])c([B])c4c(oc5c(-n6c7c([B])c([B])c([B])c([B])c7c7c8sc9c([B])c([B])c([B])c([B])c9c8c([B])c([B])c76)c([B])c([B])c([B])c54)c3[B])n2)c([B])c1[B]. The number of rotatable bonds is 4. The molecule has 0 unspecified atom stereocenters. The van der Waals surface area contributed by atoms with E-state index in [2.05, 4.69) is 4.98 Å². The Morgan fingerprint density at radius 3 is 1.04 bits per heavy atom. The van der Waals surface area contributed by atoms with Crippen LogP contribution in [0.15, 0.2) is 4.42 Å². The van der Waals surface area contributed by atoms with Crippen molar-refractivity contribution in [2.45, 2.75) is 0 Å². The van der Waals surface area contributed by atoms with Crippen LogP contribution in [0, 0.1) is 0 Å². The average molecular weight is 926 g/mol. The Bertz CT molecular complexity index is 4520. The molecule has 11 aromatic rings. The summed E-state index contributed by atoms with van der Waals surface area (Å²) in [6.45, 7) is 0. The molecular formula is C45B26N4OS. The van der Waals surface area contributed by atoms with Gasteiger partial charge >= 0.3 is 0 Å². The molecule has 0 aliphatic heterocycles. The first kappa shape index (κ1) is 54.0. The van der Waals surface area contributed by atoms with Gasteiger partial charge in [-0.15, -0.1) is 71.4 Å². The zero-order chi connectivity index (χ0) is 56.1. The highest BCUT2D eigenvalue weighted by Crippen LogP contribution is 2.41. The van der Waals surface area contributed by atoms with E-state index < -0.39 is 0 Å². The molecule has 5 nitrogen and oxygen atoms in total. The minimum atomic E-state index is -0.305. The third-order valence-corrected chi connectivity index (χ3v) is 15.6. The summed E-state index contributed by atoms with van der Waals surface area (Å²) in [6, 6.07) is 0. The second kappa shape index (κ2) is 18.3. The summed E-state index contributed by atoms with van der Waals surface area (Å²) in [7, 11) is 173. The van der Waals surface area contributed by atoms with Crippen molar-refractivity contribution in [3.63, 3.8) is 0 Å². The number of furan rings is 1. The van der Waals surface area contributed by atoms with Gasteiger partial charge in [0.15, 0.2) is 23.1 Å². The molecule has 290 valence electrons. The van der Waals surface area contributed by atoms with Crippen LogP contribution in [-0.4, -0.2) is 224 Å². The standard InChI is InChI=1S/C45B26N4OS/c46-10-1-6-37(32(68)14(50)4-5-13(49)22(58)31(67)35(71)42(5)77-41(4)6)75(36(1)33(69)30(66)21(10)57)38-34(70)27(63)12(48)3-2-11(47)15(51)9(20(56)39(2)76-40(3)38)45-73-43(7-16(52)23(59)28(64)24(60)17(7)53)72-44(74-45)8-18(54)25(61)29(65)26(62)19(8)55. The van der Waals surface area contributed by atoms with Gasteiger partial charge in [-0.3, -0.25) is 0 Å². The van der Waals surface area contributed by atoms with E-state index in [1.54, 1.807) is 0 Å². The van der Waals surface area contributed by atoms with E-state index in [-0.39, 0.29) is 220 Å². The monoisotopic (exact) mass is 930 g/mol. The van der Waals surface area contributed by atoms with Gasteiger partial charge in [0.2, 0.25) is 0 Å². The highest BCUT2D eigenvalue weighted by atomic mass is 32.1. The molecule has 0 aliphatic carbocycles. The van der Waals surface area contributed by atoms with E-state index in [4.69, 9.17) is 218 Å². The molecule has 0 saturated heterocycles. The summed E-state index contributed by atoms with van der Waals surface area (Å²) < 4.78 is 9.24. The van der Waals surface area contributed by atoms with Crippen molar-refractivity contribution in [2.24, 2.45) is 0 Å². The molecule has 32 heteroatoms. The van der Waals surface area contributed by atoms with E-state index in [0.29, 0.717) is 25.6 Å². The van der Waals surface area contributed by atoms with Crippen LogP contribution in [0.2, 0.25) is 0 Å². The fraction of sp³-hybridized carbons (Fsp3) is 0. The van der Waals surface area contributed by atoms with Gasteiger partial charge in [0, 0.05) is 58.7 Å². The van der Waals surface area contributed by atoms with Crippen molar-refractivity contribution >= 4 is 421 Å². The van der Waals surface area contributed by atoms with E-state index in [1.807, 2.05) is 0 Å². The number of fused-ring (bicyclic) bond motifs is 10. The first-order chi connectivity index (χ1) is 36.1. The lowest BCUT2D eigenvalue weighted by molar-refractivity contribution is 0.670. The maximum atomic E-state index is 7.17. The quantitative estimate of drug-likeness (QED) is 0.165. The molecule has 11 rings (SSSR count). The Morgan fingerprint density at radius 2 is 0.545 bits per heavy atom. The fourth-order valence-electron chi connectivity index (χ4n) is 10.2. The summed E-state index contributed by atoms with van der Waals surface area (Å²) in [5.74, 6) is -0.850. The Kier molecular flexibility index (Phi) is 12.8. The molecule has 0 bridgehead atoms. The molecular weight excluding hydrogens is 926 g/mol. The number of benzene rings is 7. The molecule has 0 saturated carbocycles. The van der Waals surface area contributed by atoms with Crippen molar-refractivity contribution in [2.75, 3.05) is 0 Å². The largest absolute Gasteiger partial charge is 0.455 e. The van der Waals surface area contributed by atoms with Crippen LogP contribution in [0.1, 0.15) is 0 Å². The third kappa shape index (κ3) is 7.06. The number of aromatic nitrogens is 4. The summed E-state index contributed by atoms with van der Waals surface area (Å²) >= 11 is 1.17. The molecule has 0 fully saturated rings. The number of hydrogen-bond acceptors (Lipinski definition) is 5. The fourth-order valence-corrected chi connectivity index (χ4v) is 11.5. The molecule has 52 radical (unpaired) electrons. The highest BCUT2D eigenvalue weighted by Gasteiger charge is 2.31. The van der Waals surface area contributed by atoms with Gasteiger partial charge in [0.25, 0.3) is 0 Å². The zero-order valence-electron chi connectivity index (χ0n) is 40.1. The second-order valence-electron chi connectivity index (χ2n) is 18.3. The molecule has 0 atom stereocenters. The normalized spacial score (nSPS) is 11.9. The Morgan fingerprint density at radius 1 is 0.247 bits per heavy atom. The van der Waals surface area contributed by atoms with Gasteiger partial charge in [-0.05, 0) is 16.2 Å². The summed E-state index contributed by atoms with van der Waals surface area (Å²) in [6.07, 6.45) is 0. The summed E-state index contributed by atoms with van der Waals surface area (Å²) in [5.41, 5.74) is -2.83. The first-order valence-corrected chi connectivity index (χ1v) is 23.2. The van der Waals surface area contributed by atoms with E-state index in [1.165, 1.54) is 15.9 Å². The van der Waals surface area contributed by atoms with Crippen molar-refractivity contribution in [1.29, 1.82) is 0 Å². The van der Waals surface area contributed by atoms with Crippen LogP contribution < -0.4 is 142 Å². The molecule has 0 spiro atoms. The van der Waals surface area contributed by atoms with E-state index in [9.17, 15) is 0 Å². The van der Waals surface area contributed by atoms with E-state index in [0.717, 1.165) is 0 Å². The minimum absolute atomic E-state index is 0.0103. The average Bonchev–Trinajstić information content (AvgIpc) is 4.32. The maximum Gasteiger partial charge on any atom is 0.163 e. The van der Waals surface area contributed by atoms with Crippen molar-refractivity contribution in [3.05, 3.63) is 0 Å². The lowest BCUT2D eigenvalue weighted by Gasteiger charge is -2.23. The lowest BCUT2D eigenvalue weighted by atomic mass is 9.60. The summed E-state index contributed by atoms with van der Waals surface area (Å²) in [5, 5.41) is 1.45. The van der Waals surface area contributed by atoms with Gasteiger partial charge in [0.05, 0.1) is 5.69 Å². The Balaban J connectivity index is 1.30. The van der Waals surface area contributed by atoms with Gasteiger partial charge in [-0.1, -0.05) is 76.5 Å². The van der Waals surface area contributed by atoms with Crippen LogP contribution >= 0.6 is 11.3 Å². The smallest absolute Gasteiger partial charge is 0.163 e. The zero-order valence-corrected chi connectivity index (χ0v) is 40.9. The van der Waals surface area contributed by atoms with Gasteiger partial charge in [-0.25, -0.2) is 15.0 Å². The molecule has 0 aliphatic rings. The maximum absolute atomic E-state index is 7.17. The van der Waals surface area contributed by atoms with Crippen LogP contribution in [0.3, 0.4) is 0 Å². The summed E-state index contributed by atoms with van der Waals surface area (Å²) in [4.78, 5) is 14.1. The van der Waals surface area contributed by atoms with Gasteiger partial charge in [-0.2, -0.15) is 0 Å². The highest BCUT2D eigenvalue weighted by molar-refractivity contribution is 7.28. The van der Waals surface area contributed by atoms with Crippen LogP contribution in [0.4, 0.5) is 0 Å². The second-order valence-corrected chi connectivity index (χ2v) is 19.4. The Hall–Kier alpha value is -4.94. The predicted octanol–water partition coefficient (Wildman–Crippen LogP) is -19.1. The van der Waals surface area contributed by atoms with Crippen LogP contribution in [-0.2, 0) is 0 Å². The predicted molar refractivity (Wildman–Crippen MR) is 351 cm³/mol. The van der Waals surface area contributed by atoms with Crippen LogP contribution in [0.25, 0.3) is 104 Å². The topological polar surface area (TPSA) is 56.7 Å². The van der Waals surface area contributed by atoms with Crippen molar-refractivity contribution in [3.8, 4) is 39.9 Å². The third-order valence-electron chi connectivity index (χ3n) is 14.4. The molecule has 0 N–H and O–H groups in total. The first-order valence-electron chi connectivity index (χ1n) is 22.3. The van der Waals surface area contributed by atoms with Crippen molar-refractivity contribution in [1.82, 2.24) is 19.5 Å². The molecule has 77 heavy (non-hydrogen) atoms. The number of hydrogen-bond donors (Lipinski definition) is 0. The van der Waals surface area contributed by atoms with Crippen LogP contribution in [0.5, 0.6) is 0 Å². The lowest BCUT2D eigenvalue weighted by Crippen LogP contribution is -2.55. The number of nitrogens with zero attached hydrogens (tertiary/aromatic N) is 4. The molecule has 7 aromatic carbocycles. The minimum Gasteiger partial charge on any atom is -0.455 e. The molecule has 4 heterocycles. The molecule has 0 amide bonds.